The lowest BCUT2D eigenvalue weighted by Gasteiger charge is -2.09. The van der Waals surface area contributed by atoms with Crippen LogP contribution in [-0.4, -0.2) is 20.8 Å². The van der Waals surface area contributed by atoms with Crippen LogP contribution in [0.3, 0.4) is 0 Å². The monoisotopic (exact) mass is 440 g/mol. The summed E-state index contributed by atoms with van der Waals surface area (Å²) in [6.07, 6.45) is 4.95. The molecule has 0 atom stereocenters. The third-order valence-corrected chi connectivity index (χ3v) is 7.28. The van der Waals surface area contributed by atoms with Gasteiger partial charge < -0.3 is 19.5 Å². The minimum atomic E-state index is -4.41. The van der Waals surface area contributed by atoms with Crippen LogP contribution in [0.25, 0.3) is 32.7 Å². The third kappa shape index (κ3) is 3.82. The molecular formula is C22H21N2O4PS. The quantitative estimate of drug-likeness (QED) is 0.361. The molecule has 2 heterocycles. The van der Waals surface area contributed by atoms with E-state index in [1.165, 1.54) is 31.7 Å². The molecule has 2 aromatic carbocycles. The molecule has 8 heteroatoms. The van der Waals surface area contributed by atoms with E-state index in [2.05, 4.69) is 11.4 Å². The van der Waals surface area contributed by atoms with Gasteiger partial charge in [0.1, 0.15) is 5.76 Å². The molecule has 0 saturated heterocycles. The molecule has 1 saturated carbocycles. The summed E-state index contributed by atoms with van der Waals surface area (Å²) in [7, 11) is -4.41. The number of rotatable bonds is 5. The van der Waals surface area contributed by atoms with E-state index in [1.54, 1.807) is 17.4 Å². The molecule has 0 unspecified atom stereocenters. The first kappa shape index (κ1) is 19.5. The number of nitrogens with one attached hydrogen (secondary N) is 1. The molecule has 6 nitrogen and oxygen atoms in total. The second kappa shape index (κ2) is 7.67. The first-order valence-corrected chi connectivity index (χ1v) is 12.3. The van der Waals surface area contributed by atoms with E-state index in [0.717, 1.165) is 32.0 Å². The van der Waals surface area contributed by atoms with E-state index in [9.17, 15) is 14.4 Å². The van der Waals surface area contributed by atoms with Gasteiger partial charge in [0.05, 0.1) is 10.2 Å². The number of hydrogen-bond acceptors (Lipinski definition) is 5. The fraction of sp³-hybridized carbons (Fsp3) is 0.227. The number of nitrogens with zero attached hydrogens (tertiary/aromatic N) is 1. The van der Waals surface area contributed by atoms with Gasteiger partial charge in [-0.2, -0.15) is 0 Å². The van der Waals surface area contributed by atoms with Gasteiger partial charge in [0.15, 0.2) is 5.13 Å². The smallest absolute Gasteiger partial charge is 0.391 e. The molecule has 0 spiro atoms. The zero-order valence-corrected chi connectivity index (χ0v) is 17.8. The van der Waals surface area contributed by atoms with Crippen molar-refractivity contribution >= 4 is 39.8 Å². The molecule has 30 heavy (non-hydrogen) atoms. The minimum absolute atomic E-state index is 0.324. The number of furan rings is 1. The predicted molar refractivity (Wildman–Crippen MR) is 120 cm³/mol. The molecule has 1 aliphatic carbocycles. The number of benzene rings is 2. The molecular weight excluding hydrogens is 419 g/mol. The van der Waals surface area contributed by atoms with Crippen LogP contribution in [0.15, 0.2) is 59.0 Å². The van der Waals surface area contributed by atoms with E-state index in [-0.39, 0.29) is 5.50 Å². The van der Waals surface area contributed by atoms with E-state index >= 15 is 0 Å². The summed E-state index contributed by atoms with van der Waals surface area (Å²) in [6.45, 7) is 0. The molecule has 0 bridgehead atoms. The van der Waals surface area contributed by atoms with Gasteiger partial charge >= 0.3 is 7.60 Å². The number of thiazole rings is 1. The zero-order chi connectivity index (χ0) is 20.7. The Kier molecular flexibility index (Phi) is 4.99. The Morgan fingerprint density at radius 3 is 2.57 bits per heavy atom. The Bertz CT molecular complexity index is 1250. The van der Waals surface area contributed by atoms with Crippen molar-refractivity contribution in [3.05, 3.63) is 54.6 Å². The average Bonchev–Trinajstić information content (AvgIpc) is 3.47. The van der Waals surface area contributed by atoms with Crippen molar-refractivity contribution in [3.63, 3.8) is 0 Å². The van der Waals surface area contributed by atoms with E-state index in [4.69, 9.17) is 9.40 Å². The minimum Gasteiger partial charge on any atom is -0.448 e. The van der Waals surface area contributed by atoms with Crippen LogP contribution in [0, 0.1) is 0 Å². The standard InChI is InChI=1S/C22H21N2O4PS/c25-29(26,27)20-12-11-19(28-20)15-6-3-5-14(13-15)17-9-4-10-18-21(17)30-22(24-18)23-16-7-1-2-8-16/h3-6,9-13,16H,1-2,7-8H2,(H,23,24)(H2,25,26,27). The van der Waals surface area contributed by atoms with Crippen LogP contribution in [-0.2, 0) is 4.57 Å². The van der Waals surface area contributed by atoms with Crippen molar-refractivity contribution < 1.29 is 18.8 Å². The van der Waals surface area contributed by atoms with E-state index < -0.39 is 7.60 Å². The van der Waals surface area contributed by atoms with Crippen LogP contribution >= 0.6 is 18.9 Å². The summed E-state index contributed by atoms with van der Waals surface area (Å²) in [6, 6.07) is 17.3. The molecule has 0 radical (unpaired) electrons. The average molecular weight is 440 g/mol. The zero-order valence-electron chi connectivity index (χ0n) is 16.1. The van der Waals surface area contributed by atoms with Gasteiger partial charge in [-0.05, 0) is 42.7 Å². The van der Waals surface area contributed by atoms with Crippen molar-refractivity contribution in [2.24, 2.45) is 0 Å². The predicted octanol–water partition coefficient (Wildman–Crippen LogP) is 5.38. The van der Waals surface area contributed by atoms with E-state index in [1.807, 2.05) is 36.4 Å². The lowest BCUT2D eigenvalue weighted by Crippen LogP contribution is -2.13. The van der Waals surface area contributed by atoms with E-state index in [0.29, 0.717) is 11.8 Å². The Labute approximate surface area is 177 Å². The third-order valence-electron chi connectivity index (χ3n) is 5.43. The summed E-state index contributed by atoms with van der Waals surface area (Å²) >= 11 is 1.67. The molecule has 0 aliphatic heterocycles. The first-order chi connectivity index (χ1) is 14.5. The van der Waals surface area contributed by atoms with Gasteiger partial charge in [-0.25, -0.2) is 4.98 Å². The van der Waals surface area contributed by atoms with Crippen LogP contribution in [0.5, 0.6) is 0 Å². The molecule has 3 N–H and O–H groups in total. The summed E-state index contributed by atoms with van der Waals surface area (Å²) in [5, 5.41) is 4.54. The molecule has 1 aliphatic rings. The van der Waals surface area contributed by atoms with Crippen molar-refractivity contribution in [2.45, 2.75) is 31.7 Å². The Balaban J connectivity index is 1.51. The summed E-state index contributed by atoms with van der Waals surface area (Å²) in [5.41, 5.74) is 3.48. The molecule has 0 amide bonds. The molecule has 5 rings (SSSR count). The summed E-state index contributed by atoms with van der Waals surface area (Å²) in [5.74, 6) is 0.426. The summed E-state index contributed by atoms with van der Waals surface area (Å²) < 4.78 is 18.0. The number of hydrogen-bond donors (Lipinski definition) is 3. The van der Waals surface area contributed by atoms with Gasteiger partial charge in [0, 0.05) is 17.2 Å². The highest BCUT2D eigenvalue weighted by Crippen LogP contribution is 2.39. The molecule has 2 aromatic heterocycles. The highest BCUT2D eigenvalue weighted by atomic mass is 32.1. The van der Waals surface area contributed by atoms with Crippen LogP contribution in [0.2, 0.25) is 0 Å². The maximum Gasteiger partial charge on any atom is 0.391 e. The van der Waals surface area contributed by atoms with Crippen molar-refractivity contribution in [2.75, 3.05) is 5.32 Å². The topological polar surface area (TPSA) is 95.6 Å². The lowest BCUT2D eigenvalue weighted by atomic mass is 10.0. The Hall–Kier alpha value is -2.44. The maximum absolute atomic E-state index is 11.4. The van der Waals surface area contributed by atoms with Gasteiger partial charge in [-0.15, -0.1) is 0 Å². The van der Waals surface area contributed by atoms with Crippen LogP contribution in [0.1, 0.15) is 25.7 Å². The largest absolute Gasteiger partial charge is 0.448 e. The Morgan fingerprint density at radius 1 is 1.03 bits per heavy atom. The van der Waals surface area contributed by atoms with Crippen molar-refractivity contribution in [3.8, 4) is 22.5 Å². The number of anilines is 1. The van der Waals surface area contributed by atoms with Crippen LogP contribution < -0.4 is 10.8 Å². The molecule has 1 fully saturated rings. The first-order valence-electron chi connectivity index (χ1n) is 9.90. The maximum atomic E-state index is 11.4. The number of fused-ring (bicyclic) bond motifs is 1. The fourth-order valence-electron chi connectivity index (χ4n) is 3.96. The molecule has 4 aromatic rings. The van der Waals surface area contributed by atoms with Crippen molar-refractivity contribution in [1.82, 2.24) is 4.98 Å². The summed E-state index contributed by atoms with van der Waals surface area (Å²) in [4.78, 5) is 23.4. The van der Waals surface area contributed by atoms with Gasteiger partial charge in [0.2, 0.25) is 5.50 Å². The highest BCUT2D eigenvalue weighted by Gasteiger charge is 2.22. The highest BCUT2D eigenvalue weighted by molar-refractivity contribution is 7.59. The lowest BCUT2D eigenvalue weighted by molar-refractivity contribution is 0.377. The second-order valence-corrected chi connectivity index (χ2v) is 10.1. The Morgan fingerprint density at radius 2 is 1.80 bits per heavy atom. The second-order valence-electron chi connectivity index (χ2n) is 7.56. The normalized spacial score (nSPS) is 15.1. The SMILES string of the molecule is O=P(O)(O)c1ccc(-c2cccc(-c3cccc4nc(NC5CCCC5)sc34)c2)o1. The fourth-order valence-corrected chi connectivity index (χ4v) is 5.53. The van der Waals surface area contributed by atoms with Crippen LogP contribution in [0.4, 0.5) is 5.13 Å². The van der Waals surface area contributed by atoms with Gasteiger partial charge in [-0.3, -0.25) is 4.57 Å². The number of aromatic nitrogens is 1. The van der Waals surface area contributed by atoms with Gasteiger partial charge in [0.25, 0.3) is 0 Å². The van der Waals surface area contributed by atoms with Gasteiger partial charge in [-0.1, -0.05) is 54.5 Å². The van der Waals surface area contributed by atoms with Crippen molar-refractivity contribution in [1.29, 1.82) is 0 Å². The molecule has 154 valence electrons.